The molecule has 0 radical (unpaired) electrons. The summed E-state index contributed by atoms with van der Waals surface area (Å²) >= 11 is 0. The van der Waals surface area contributed by atoms with Crippen LogP contribution in [0.25, 0.3) is 55.3 Å². The Bertz CT molecular complexity index is 3460. The fourth-order valence-electron chi connectivity index (χ4n) is 10.4. The van der Waals surface area contributed by atoms with Crippen LogP contribution >= 0.6 is 0 Å². The maximum atomic E-state index is 2.47. The number of hydrogen-bond donors (Lipinski definition) is 0. The Kier molecular flexibility index (Phi) is 17.1. The van der Waals surface area contributed by atoms with Crippen molar-refractivity contribution < 1.29 is 0 Å². The first-order valence-corrected chi connectivity index (χ1v) is 26.5. The highest BCUT2D eigenvalue weighted by Gasteiger charge is 2.36. The molecule has 0 bridgehead atoms. The molecule has 10 aromatic rings. The first-order valence-electron chi connectivity index (χ1n) is 26.5. The van der Waals surface area contributed by atoms with Gasteiger partial charge in [0.2, 0.25) is 6.71 Å². The van der Waals surface area contributed by atoms with E-state index in [-0.39, 0.29) is 0 Å². The maximum Gasteiger partial charge on any atom is 0.242 e. The molecule has 0 amide bonds. The predicted molar refractivity (Wildman–Crippen MR) is 322 cm³/mol. The zero-order chi connectivity index (χ0) is 51.4. The topological polar surface area (TPSA) is 4.93 Å². The quantitative estimate of drug-likeness (QED) is 0.152. The summed E-state index contributed by atoms with van der Waals surface area (Å²) < 4.78 is 2.36. The highest BCUT2D eigenvalue weighted by Crippen LogP contribution is 2.36. The van der Waals surface area contributed by atoms with Gasteiger partial charge in [0.05, 0.1) is 11.0 Å². The summed E-state index contributed by atoms with van der Waals surface area (Å²) in [6, 6.07) is 74.5. The molecule has 364 valence electrons. The van der Waals surface area contributed by atoms with Crippen LogP contribution in [-0.4, -0.2) is 11.3 Å². The van der Waals surface area contributed by atoms with Crippen molar-refractivity contribution in [1.29, 1.82) is 0 Å². The fourth-order valence-corrected chi connectivity index (χ4v) is 10.4. The Morgan fingerprint density at radius 1 is 0.397 bits per heavy atom. The van der Waals surface area contributed by atoms with E-state index in [9.17, 15) is 0 Å². The van der Waals surface area contributed by atoms with E-state index in [1.165, 1.54) is 122 Å². The van der Waals surface area contributed by atoms with Crippen molar-refractivity contribution in [1.82, 2.24) is 4.57 Å². The molecule has 1 aromatic heterocycles. The van der Waals surface area contributed by atoms with Gasteiger partial charge in [-0.15, -0.1) is 0 Å². The number of hydrogen-bond acceptors (Lipinski definition) is 0. The summed E-state index contributed by atoms with van der Waals surface area (Å²) in [6.07, 6.45) is 8.28. The molecule has 0 N–H and O–H groups in total. The van der Waals surface area contributed by atoms with Gasteiger partial charge in [0.15, 0.2) is 0 Å². The SMILES string of the molecule is CC.CCc1ccc(-n2c3ccccc3c3cc(C)ccc32)cc1.Cc1ccc(C)cc1.Cc1ccccc1-c1cc(B2C3=CCCC=C3c3ccccc32)ccc1C.Cc1ccccc1-c1ccccc1C. The van der Waals surface area contributed by atoms with Gasteiger partial charge in [-0.1, -0.05) is 242 Å². The molecule has 1 aliphatic heterocycles. The van der Waals surface area contributed by atoms with Crippen LogP contribution in [0, 0.1) is 48.5 Å². The van der Waals surface area contributed by atoms with Gasteiger partial charge in [-0.25, -0.2) is 0 Å². The zero-order valence-electron chi connectivity index (χ0n) is 44.9. The average molecular weight is 950 g/mol. The second-order valence-corrected chi connectivity index (χ2v) is 19.4. The van der Waals surface area contributed by atoms with E-state index in [1.807, 2.05) is 13.8 Å². The van der Waals surface area contributed by atoms with Crippen molar-refractivity contribution in [3.05, 3.63) is 274 Å². The minimum Gasteiger partial charge on any atom is -0.309 e. The monoisotopic (exact) mass is 950 g/mol. The Labute approximate surface area is 437 Å². The average Bonchev–Trinajstić information content (AvgIpc) is 3.94. The molecule has 1 nitrogen and oxygen atoms in total. The van der Waals surface area contributed by atoms with Gasteiger partial charge in [-0.2, -0.15) is 0 Å². The van der Waals surface area contributed by atoms with E-state index in [2.05, 4.69) is 278 Å². The molecule has 73 heavy (non-hydrogen) atoms. The van der Waals surface area contributed by atoms with Crippen LogP contribution in [0.1, 0.15) is 83.7 Å². The number of fused-ring (bicyclic) bond motifs is 6. The second-order valence-electron chi connectivity index (χ2n) is 19.4. The lowest BCUT2D eigenvalue weighted by atomic mass is 9.38. The summed E-state index contributed by atoms with van der Waals surface area (Å²) in [4.78, 5) is 0. The lowest BCUT2D eigenvalue weighted by Gasteiger charge is -2.17. The minimum atomic E-state index is 0.358. The fraction of sp³-hybridized carbons (Fsp3) is 0.183. The third kappa shape index (κ3) is 11.7. The standard InChI is InChI=1S/C26H23B.C21H19N.C14H14.C8H10.C2H6/c1-18-9-3-4-10-21(18)24-17-20(16-15-19(24)2)27-25-13-7-5-11-22(25)23-12-6-8-14-26(23)27;1-3-16-9-11-17(12-10-16)22-20-7-5-4-6-18(20)19-14-15(2)8-13-21(19)22;1-11-7-3-5-9-13(11)14-10-6-4-8-12(14)2;1-7-3-5-8(2)6-4-7;1-2/h3-5,7,9-17H,6,8H2,1-2H3;4-14H,3H2,1-2H3;3-10H,1-2H3;3-6H,1-2H3;1-2H3. The molecule has 2 heteroatoms. The summed E-state index contributed by atoms with van der Waals surface area (Å²) in [5.74, 6) is 0. The normalized spacial score (nSPS) is 12.1. The van der Waals surface area contributed by atoms with Gasteiger partial charge in [0, 0.05) is 16.5 Å². The van der Waals surface area contributed by atoms with E-state index in [0.717, 1.165) is 19.3 Å². The van der Waals surface area contributed by atoms with E-state index in [0.29, 0.717) is 6.71 Å². The van der Waals surface area contributed by atoms with Crippen LogP contribution in [0.3, 0.4) is 0 Å². The molecule has 0 saturated carbocycles. The van der Waals surface area contributed by atoms with E-state index in [4.69, 9.17) is 0 Å². The molecule has 2 aliphatic rings. The smallest absolute Gasteiger partial charge is 0.242 e. The number of allylic oxidation sites excluding steroid dienone is 4. The van der Waals surface area contributed by atoms with Crippen molar-refractivity contribution in [2.24, 2.45) is 0 Å². The summed E-state index contributed by atoms with van der Waals surface area (Å²) in [5.41, 5.74) is 27.1. The summed E-state index contributed by atoms with van der Waals surface area (Å²) in [7, 11) is 0. The third-order valence-electron chi connectivity index (χ3n) is 14.3. The molecule has 0 unspecified atom stereocenters. The van der Waals surface area contributed by atoms with Crippen LogP contribution in [-0.2, 0) is 6.42 Å². The molecule has 0 atom stereocenters. The molecule has 1 aliphatic carbocycles. The molecule has 2 heterocycles. The van der Waals surface area contributed by atoms with Gasteiger partial charge in [-0.05, 0) is 159 Å². The highest BCUT2D eigenvalue weighted by atomic mass is 15.0. The highest BCUT2D eigenvalue weighted by molar-refractivity contribution is 6.95. The van der Waals surface area contributed by atoms with Crippen LogP contribution in [0.4, 0.5) is 0 Å². The number of para-hydroxylation sites is 1. The minimum absolute atomic E-state index is 0.358. The second kappa shape index (κ2) is 24.2. The Morgan fingerprint density at radius 2 is 0.877 bits per heavy atom. The first-order chi connectivity index (χ1) is 35.6. The maximum absolute atomic E-state index is 2.47. The van der Waals surface area contributed by atoms with Gasteiger partial charge < -0.3 is 4.57 Å². The Balaban J connectivity index is 0.000000138. The molecule has 0 saturated heterocycles. The van der Waals surface area contributed by atoms with Crippen molar-refractivity contribution in [3.8, 4) is 27.9 Å². The van der Waals surface area contributed by atoms with Crippen molar-refractivity contribution in [3.63, 3.8) is 0 Å². The van der Waals surface area contributed by atoms with Gasteiger partial charge in [0.1, 0.15) is 0 Å². The zero-order valence-corrected chi connectivity index (χ0v) is 44.9. The number of aryl methyl sites for hydroxylation is 8. The van der Waals surface area contributed by atoms with E-state index in [1.54, 1.807) is 0 Å². The lowest BCUT2D eigenvalue weighted by molar-refractivity contribution is 1.04. The molecule has 0 fully saturated rings. The lowest BCUT2D eigenvalue weighted by Crippen LogP contribution is -2.41. The Morgan fingerprint density at radius 3 is 1.47 bits per heavy atom. The van der Waals surface area contributed by atoms with E-state index >= 15 is 0 Å². The predicted octanol–water partition coefficient (Wildman–Crippen LogP) is 18.2. The largest absolute Gasteiger partial charge is 0.309 e. The number of benzene rings is 9. The van der Waals surface area contributed by atoms with Crippen LogP contribution in [0.15, 0.2) is 224 Å². The van der Waals surface area contributed by atoms with E-state index < -0.39 is 0 Å². The van der Waals surface area contributed by atoms with Crippen LogP contribution in [0.2, 0.25) is 0 Å². The van der Waals surface area contributed by atoms with Crippen LogP contribution in [0.5, 0.6) is 0 Å². The van der Waals surface area contributed by atoms with Gasteiger partial charge in [-0.3, -0.25) is 0 Å². The van der Waals surface area contributed by atoms with Crippen molar-refractivity contribution >= 4 is 45.0 Å². The molecule has 12 rings (SSSR count). The van der Waals surface area contributed by atoms with Gasteiger partial charge >= 0.3 is 0 Å². The Hall–Kier alpha value is -7.68. The number of aromatic nitrogens is 1. The number of nitrogens with zero attached hydrogens (tertiary/aromatic N) is 1. The summed E-state index contributed by atoms with van der Waals surface area (Å²) in [5, 5.41) is 2.65. The molecular formula is C71H72BN. The molecule has 9 aromatic carbocycles. The molecule has 0 spiro atoms. The van der Waals surface area contributed by atoms with Crippen LogP contribution < -0.4 is 10.9 Å². The van der Waals surface area contributed by atoms with Crippen molar-refractivity contribution in [2.45, 2.75) is 88.5 Å². The summed E-state index contributed by atoms with van der Waals surface area (Å²) in [6.45, 7) is 21.6. The first kappa shape index (κ1) is 51.7. The van der Waals surface area contributed by atoms with Crippen molar-refractivity contribution in [2.75, 3.05) is 0 Å². The third-order valence-corrected chi connectivity index (χ3v) is 14.3. The molecular weight excluding hydrogens is 878 g/mol. The van der Waals surface area contributed by atoms with Gasteiger partial charge in [0.25, 0.3) is 0 Å². The number of rotatable bonds is 5.